The average molecular weight is 490 g/mol. The van der Waals surface area contributed by atoms with Gasteiger partial charge in [-0.3, -0.25) is 4.79 Å². The van der Waals surface area contributed by atoms with E-state index in [1.54, 1.807) is 12.3 Å². The fourth-order valence-electron chi connectivity index (χ4n) is 4.08. The van der Waals surface area contributed by atoms with E-state index in [0.29, 0.717) is 41.4 Å². The number of ether oxygens (including phenoxy) is 2. The molecule has 0 unspecified atom stereocenters. The van der Waals surface area contributed by atoms with Crippen molar-refractivity contribution in [1.82, 2.24) is 9.66 Å². The minimum atomic E-state index is -0.233. The molecule has 0 aliphatic heterocycles. The summed E-state index contributed by atoms with van der Waals surface area (Å²) in [7, 11) is 0. The molecule has 0 saturated carbocycles. The van der Waals surface area contributed by atoms with Crippen LogP contribution in [0.15, 0.2) is 107 Å². The second-order valence-electron chi connectivity index (χ2n) is 8.60. The van der Waals surface area contributed by atoms with E-state index in [-0.39, 0.29) is 5.56 Å². The summed E-state index contributed by atoms with van der Waals surface area (Å²) in [4.78, 5) is 18.1. The normalized spacial score (nSPS) is 11.2. The molecule has 0 N–H and O–H groups in total. The van der Waals surface area contributed by atoms with Crippen LogP contribution in [0.3, 0.4) is 0 Å². The third-order valence-corrected chi connectivity index (χ3v) is 5.85. The molecule has 0 radical (unpaired) electrons. The molecule has 5 rings (SSSR count). The second-order valence-corrected chi connectivity index (χ2v) is 8.60. The number of nitrogens with zero attached hydrogens (tertiary/aromatic N) is 3. The van der Waals surface area contributed by atoms with E-state index in [1.807, 2.05) is 85.8 Å². The highest BCUT2D eigenvalue weighted by Crippen LogP contribution is 2.29. The molecule has 6 nitrogen and oxygen atoms in total. The van der Waals surface area contributed by atoms with E-state index >= 15 is 0 Å². The van der Waals surface area contributed by atoms with Crippen molar-refractivity contribution >= 4 is 17.1 Å². The summed E-state index contributed by atoms with van der Waals surface area (Å²) < 4.78 is 13.3. The fraction of sp³-hybridized carbons (Fsp3) is 0.129. The van der Waals surface area contributed by atoms with Gasteiger partial charge in [-0.1, -0.05) is 72.3 Å². The number of hydrogen-bond donors (Lipinski definition) is 0. The Balaban J connectivity index is 1.49. The highest BCUT2D eigenvalue weighted by Gasteiger charge is 2.12. The molecule has 37 heavy (non-hydrogen) atoms. The Kier molecular flexibility index (Phi) is 7.08. The molecule has 0 saturated heterocycles. The van der Waals surface area contributed by atoms with Gasteiger partial charge in [0.2, 0.25) is 0 Å². The molecular weight excluding hydrogens is 462 g/mol. The number of rotatable bonds is 8. The van der Waals surface area contributed by atoms with Crippen LogP contribution in [-0.2, 0) is 6.61 Å². The van der Waals surface area contributed by atoms with Crippen LogP contribution in [0, 0.1) is 6.92 Å². The largest absolute Gasteiger partial charge is 0.490 e. The molecule has 0 aliphatic rings. The fourth-order valence-corrected chi connectivity index (χ4v) is 4.08. The van der Waals surface area contributed by atoms with Gasteiger partial charge in [0.25, 0.3) is 5.56 Å². The van der Waals surface area contributed by atoms with Crippen molar-refractivity contribution in [2.24, 2.45) is 5.10 Å². The molecular formula is C31H27N3O3. The van der Waals surface area contributed by atoms with E-state index in [4.69, 9.17) is 14.5 Å². The standard InChI is InChI=1S/C31H27N3O3/c1-3-36-29-19-23(16-17-28(29)37-21-24-11-9-10-22(2)18-24)20-32-34-30(25-12-5-4-6-13-25)33-27-15-8-7-14-26(27)31(34)35/h4-20H,3,21H2,1-2H3. The molecule has 0 bridgehead atoms. The number of fused-ring (bicyclic) bond motifs is 1. The summed E-state index contributed by atoms with van der Waals surface area (Å²) in [6.45, 7) is 4.92. The Labute approximate surface area is 215 Å². The smallest absolute Gasteiger partial charge is 0.282 e. The predicted molar refractivity (Wildman–Crippen MR) is 148 cm³/mol. The van der Waals surface area contributed by atoms with Gasteiger partial charge in [0.15, 0.2) is 17.3 Å². The molecule has 1 aromatic heterocycles. The number of aryl methyl sites for hydroxylation is 1. The summed E-state index contributed by atoms with van der Waals surface area (Å²) in [6.07, 6.45) is 1.64. The Bertz CT molecular complexity index is 1620. The van der Waals surface area contributed by atoms with Crippen molar-refractivity contribution in [3.63, 3.8) is 0 Å². The second kappa shape index (κ2) is 10.9. The van der Waals surface area contributed by atoms with E-state index in [1.165, 1.54) is 10.2 Å². The first-order valence-corrected chi connectivity index (χ1v) is 12.2. The van der Waals surface area contributed by atoms with Gasteiger partial charge in [-0.15, -0.1) is 0 Å². The van der Waals surface area contributed by atoms with Crippen LogP contribution in [0.25, 0.3) is 22.3 Å². The molecule has 1 heterocycles. The minimum absolute atomic E-state index is 0.233. The highest BCUT2D eigenvalue weighted by molar-refractivity contribution is 5.82. The predicted octanol–water partition coefficient (Wildman–Crippen LogP) is 6.23. The van der Waals surface area contributed by atoms with Crippen molar-refractivity contribution in [3.05, 3.63) is 124 Å². The van der Waals surface area contributed by atoms with Crippen LogP contribution in [0.5, 0.6) is 11.5 Å². The molecule has 0 spiro atoms. The quantitative estimate of drug-likeness (QED) is 0.242. The van der Waals surface area contributed by atoms with Crippen LogP contribution in [0.4, 0.5) is 0 Å². The van der Waals surface area contributed by atoms with Crippen LogP contribution in [-0.4, -0.2) is 22.5 Å². The van der Waals surface area contributed by atoms with Gasteiger partial charge >= 0.3 is 0 Å². The summed E-state index contributed by atoms with van der Waals surface area (Å²) >= 11 is 0. The number of hydrogen-bond acceptors (Lipinski definition) is 5. The van der Waals surface area contributed by atoms with Crippen LogP contribution in [0.2, 0.25) is 0 Å². The van der Waals surface area contributed by atoms with Crippen molar-refractivity contribution in [1.29, 1.82) is 0 Å². The van der Waals surface area contributed by atoms with E-state index in [0.717, 1.165) is 16.7 Å². The molecule has 184 valence electrons. The zero-order valence-corrected chi connectivity index (χ0v) is 20.8. The Hall–Kier alpha value is -4.71. The summed E-state index contributed by atoms with van der Waals surface area (Å²) in [6, 6.07) is 30.7. The van der Waals surface area contributed by atoms with Gasteiger partial charge in [0.1, 0.15) is 6.61 Å². The molecule has 0 amide bonds. The van der Waals surface area contributed by atoms with E-state index < -0.39 is 0 Å². The summed E-state index contributed by atoms with van der Waals surface area (Å²) in [5.41, 5.74) is 4.24. The Morgan fingerprint density at radius 3 is 2.49 bits per heavy atom. The first kappa shape index (κ1) is 24.0. The topological polar surface area (TPSA) is 65.7 Å². The van der Waals surface area contributed by atoms with Crippen LogP contribution in [0.1, 0.15) is 23.6 Å². The third kappa shape index (κ3) is 5.43. The molecule has 0 fully saturated rings. The van der Waals surface area contributed by atoms with Gasteiger partial charge in [0.05, 0.1) is 23.7 Å². The zero-order chi connectivity index (χ0) is 25.6. The lowest BCUT2D eigenvalue weighted by Gasteiger charge is -2.13. The van der Waals surface area contributed by atoms with Crippen molar-refractivity contribution in [2.45, 2.75) is 20.5 Å². The SMILES string of the molecule is CCOc1cc(C=Nn2c(-c3ccccc3)nc3ccccc3c2=O)ccc1OCc1cccc(C)c1. The van der Waals surface area contributed by atoms with Crippen LogP contribution < -0.4 is 15.0 Å². The first-order valence-electron chi connectivity index (χ1n) is 12.2. The monoisotopic (exact) mass is 489 g/mol. The molecule has 5 aromatic rings. The van der Waals surface area contributed by atoms with Gasteiger partial charge < -0.3 is 9.47 Å². The van der Waals surface area contributed by atoms with Gasteiger partial charge in [-0.25, -0.2) is 4.98 Å². The lowest BCUT2D eigenvalue weighted by molar-refractivity contribution is 0.269. The van der Waals surface area contributed by atoms with Gasteiger partial charge in [-0.05, 0) is 55.3 Å². The maximum Gasteiger partial charge on any atom is 0.282 e. The van der Waals surface area contributed by atoms with Gasteiger partial charge in [0, 0.05) is 5.56 Å². The zero-order valence-electron chi connectivity index (χ0n) is 20.8. The molecule has 0 atom stereocenters. The maximum absolute atomic E-state index is 13.4. The Morgan fingerprint density at radius 1 is 0.865 bits per heavy atom. The van der Waals surface area contributed by atoms with Crippen molar-refractivity contribution in [3.8, 4) is 22.9 Å². The number of aromatic nitrogens is 2. The lowest BCUT2D eigenvalue weighted by Crippen LogP contribution is -2.20. The number of para-hydroxylation sites is 1. The third-order valence-electron chi connectivity index (χ3n) is 5.85. The first-order chi connectivity index (χ1) is 18.1. The van der Waals surface area contributed by atoms with Crippen molar-refractivity contribution < 1.29 is 9.47 Å². The van der Waals surface area contributed by atoms with Gasteiger partial charge in [-0.2, -0.15) is 9.78 Å². The molecule has 0 aliphatic carbocycles. The molecule has 4 aromatic carbocycles. The molecule has 6 heteroatoms. The number of benzene rings is 4. The minimum Gasteiger partial charge on any atom is -0.490 e. The summed E-state index contributed by atoms with van der Waals surface area (Å²) in [5.74, 6) is 1.74. The highest BCUT2D eigenvalue weighted by atomic mass is 16.5. The summed E-state index contributed by atoms with van der Waals surface area (Å²) in [5, 5.41) is 5.07. The van der Waals surface area contributed by atoms with Crippen LogP contribution >= 0.6 is 0 Å². The average Bonchev–Trinajstić information content (AvgIpc) is 2.93. The maximum atomic E-state index is 13.4. The van der Waals surface area contributed by atoms with E-state index in [2.05, 4.69) is 24.2 Å². The van der Waals surface area contributed by atoms with E-state index in [9.17, 15) is 4.79 Å². The lowest BCUT2D eigenvalue weighted by atomic mass is 10.1. The van der Waals surface area contributed by atoms with Crippen molar-refractivity contribution in [2.75, 3.05) is 6.61 Å². The Morgan fingerprint density at radius 2 is 1.68 bits per heavy atom.